The number of likely N-dealkylation sites (tertiary alicyclic amines) is 1. The van der Waals surface area contributed by atoms with Gasteiger partial charge in [0.05, 0.1) is 17.1 Å². The van der Waals surface area contributed by atoms with Gasteiger partial charge >= 0.3 is 0 Å². The van der Waals surface area contributed by atoms with Gasteiger partial charge in [-0.2, -0.15) is 0 Å². The predicted molar refractivity (Wildman–Crippen MR) is 129 cm³/mol. The van der Waals surface area contributed by atoms with Crippen LogP contribution < -0.4 is 0 Å². The van der Waals surface area contributed by atoms with Gasteiger partial charge in [0.15, 0.2) is 21.5 Å². The van der Waals surface area contributed by atoms with Gasteiger partial charge in [-0.25, -0.2) is 17.2 Å². The molecule has 10 heteroatoms. The minimum atomic E-state index is -3.64. The summed E-state index contributed by atoms with van der Waals surface area (Å²) in [4.78, 5) is 6.54. The van der Waals surface area contributed by atoms with Crippen molar-refractivity contribution in [2.75, 3.05) is 19.3 Å². The summed E-state index contributed by atoms with van der Waals surface area (Å²) in [6.07, 6.45) is 6.31. The minimum Gasteiger partial charge on any atom is -0.410 e. The Balaban J connectivity index is 1.38. The van der Waals surface area contributed by atoms with Gasteiger partial charge in [0.1, 0.15) is 5.71 Å². The van der Waals surface area contributed by atoms with Gasteiger partial charge in [0.2, 0.25) is 0 Å². The van der Waals surface area contributed by atoms with Crippen molar-refractivity contribution in [3.05, 3.63) is 94.3 Å². The van der Waals surface area contributed by atoms with Crippen molar-refractivity contribution in [2.24, 2.45) is 5.16 Å². The number of benzene rings is 2. The van der Waals surface area contributed by atoms with Gasteiger partial charge in [-0.15, -0.1) is 0 Å². The first-order chi connectivity index (χ1) is 17.2. The van der Waals surface area contributed by atoms with E-state index in [1.807, 2.05) is 12.3 Å². The van der Waals surface area contributed by atoms with Crippen LogP contribution in [0.5, 0.6) is 0 Å². The van der Waals surface area contributed by atoms with Crippen LogP contribution in [0.2, 0.25) is 0 Å². The Morgan fingerprint density at radius 1 is 1.11 bits per heavy atom. The third-order valence-electron chi connectivity index (χ3n) is 7.00. The van der Waals surface area contributed by atoms with Crippen molar-refractivity contribution < 1.29 is 27.1 Å². The number of aromatic nitrogens is 1. The van der Waals surface area contributed by atoms with Crippen LogP contribution in [0.4, 0.5) is 8.78 Å². The molecule has 3 heterocycles. The Bertz CT molecular complexity index is 1450. The number of piperidine rings is 1. The molecule has 0 bridgehead atoms. The molecule has 2 aliphatic heterocycles. The highest BCUT2D eigenvalue weighted by Gasteiger charge is 2.42. The molecular weight excluding hydrogens is 488 g/mol. The van der Waals surface area contributed by atoms with Crippen molar-refractivity contribution >= 4 is 15.5 Å². The molecule has 2 aliphatic rings. The second-order valence-electron chi connectivity index (χ2n) is 9.26. The normalized spacial score (nSPS) is 17.9. The van der Waals surface area contributed by atoms with Crippen LogP contribution in [0.15, 0.2) is 64.9 Å². The van der Waals surface area contributed by atoms with E-state index in [0.717, 1.165) is 55.4 Å². The van der Waals surface area contributed by atoms with Gasteiger partial charge in [-0.1, -0.05) is 17.3 Å². The molecule has 3 aromatic rings. The van der Waals surface area contributed by atoms with Gasteiger partial charge in [-0.05, 0) is 54.3 Å². The standard InChI is InChI=1S/C26H25F2N3O4S/c1-36(33,34)24-13-18(25(30-32)17-4-5-22(27)23(28)12-17)2-3-19(24)15-31-10-7-26(8-11-31)21-14-29-9-6-20(21)16-35-26/h2-6,9,12-14,32H,7-8,10-11,15-16H2,1H3/b30-25-. The third kappa shape index (κ3) is 4.52. The van der Waals surface area contributed by atoms with E-state index >= 15 is 0 Å². The number of halogens is 2. The van der Waals surface area contributed by atoms with Gasteiger partial charge < -0.3 is 9.94 Å². The van der Waals surface area contributed by atoms with Crippen molar-refractivity contribution in [3.63, 3.8) is 0 Å². The zero-order valence-electron chi connectivity index (χ0n) is 19.6. The molecule has 0 amide bonds. The van der Waals surface area contributed by atoms with E-state index in [4.69, 9.17) is 4.74 Å². The first-order valence-electron chi connectivity index (χ1n) is 11.5. The van der Waals surface area contributed by atoms with Gasteiger partial charge in [0.25, 0.3) is 0 Å². The fourth-order valence-corrected chi connectivity index (χ4v) is 6.03. The van der Waals surface area contributed by atoms with E-state index in [0.29, 0.717) is 18.7 Å². The SMILES string of the molecule is CS(=O)(=O)c1cc(/C(=N\O)c2ccc(F)c(F)c2)ccc1CN1CCC2(CC1)OCc1ccncc12. The van der Waals surface area contributed by atoms with E-state index in [2.05, 4.69) is 15.0 Å². The molecule has 1 fully saturated rings. The monoisotopic (exact) mass is 513 g/mol. The molecule has 0 radical (unpaired) electrons. The lowest BCUT2D eigenvalue weighted by atomic mass is 9.84. The van der Waals surface area contributed by atoms with Crippen LogP contribution in [0.1, 0.15) is 40.7 Å². The average Bonchev–Trinajstić information content (AvgIpc) is 3.21. The smallest absolute Gasteiger partial charge is 0.175 e. The predicted octanol–water partition coefficient (Wildman–Crippen LogP) is 4.01. The van der Waals surface area contributed by atoms with Crippen LogP contribution in [0.3, 0.4) is 0 Å². The van der Waals surface area contributed by atoms with E-state index in [1.54, 1.807) is 18.3 Å². The summed E-state index contributed by atoms with van der Waals surface area (Å²) in [6.45, 7) is 2.43. The first kappa shape index (κ1) is 24.5. The number of rotatable bonds is 5. The van der Waals surface area contributed by atoms with Gasteiger partial charge in [0, 0.05) is 55.0 Å². The highest BCUT2D eigenvalue weighted by atomic mass is 32.2. The molecular formula is C26H25F2N3O4S. The van der Waals surface area contributed by atoms with Crippen molar-refractivity contribution in [1.29, 1.82) is 0 Å². The summed E-state index contributed by atoms with van der Waals surface area (Å²) < 4.78 is 58.7. The zero-order chi connectivity index (χ0) is 25.5. The van der Waals surface area contributed by atoms with Crippen LogP contribution in [-0.2, 0) is 33.3 Å². The van der Waals surface area contributed by atoms with Crippen LogP contribution in [-0.4, -0.2) is 48.6 Å². The molecule has 188 valence electrons. The molecule has 0 saturated carbocycles. The third-order valence-corrected chi connectivity index (χ3v) is 8.18. The molecule has 36 heavy (non-hydrogen) atoms. The maximum atomic E-state index is 13.8. The number of hydrogen-bond donors (Lipinski definition) is 1. The second kappa shape index (κ2) is 9.34. The van der Waals surface area contributed by atoms with E-state index in [9.17, 15) is 22.4 Å². The number of ether oxygens (including phenoxy) is 1. The maximum absolute atomic E-state index is 13.8. The second-order valence-corrected chi connectivity index (χ2v) is 11.2. The fraction of sp³-hybridized carbons (Fsp3) is 0.308. The Morgan fingerprint density at radius 3 is 2.53 bits per heavy atom. The lowest BCUT2D eigenvalue weighted by Gasteiger charge is -2.39. The lowest BCUT2D eigenvalue weighted by Crippen LogP contribution is -2.42. The molecule has 1 saturated heterocycles. The topological polar surface area (TPSA) is 92.1 Å². The van der Waals surface area contributed by atoms with Crippen molar-refractivity contribution in [2.45, 2.75) is 36.5 Å². The summed E-state index contributed by atoms with van der Waals surface area (Å²) in [5.41, 5.74) is 2.89. The van der Waals surface area contributed by atoms with E-state index in [-0.39, 0.29) is 27.3 Å². The minimum absolute atomic E-state index is 0.0593. The first-order valence-corrected chi connectivity index (χ1v) is 13.4. The summed E-state index contributed by atoms with van der Waals surface area (Å²) in [5.74, 6) is -2.13. The number of oxime groups is 1. The molecule has 2 aromatic carbocycles. The van der Waals surface area contributed by atoms with Crippen molar-refractivity contribution in [3.8, 4) is 0 Å². The summed E-state index contributed by atoms with van der Waals surface area (Å²) in [5, 5.41) is 12.8. The summed E-state index contributed by atoms with van der Waals surface area (Å²) >= 11 is 0. The molecule has 1 N–H and O–H groups in total. The van der Waals surface area contributed by atoms with E-state index in [1.165, 1.54) is 12.1 Å². The fourth-order valence-electron chi connectivity index (χ4n) is 5.08. The molecule has 1 aromatic heterocycles. The Hall–Kier alpha value is -3.21. The highest BCUT2D eigenvalue weighted by molar-refractivity contribution is 7.90. The van der Waals surface area contributed by atoms with Crippen LogP contribution in [0.25, 0.3) is 0 Å². The summed E-state index contributed by atoms with van der Waals surface area (Å²) in [7, 11) is -3.64. The quantitative estimate of drug-likeness (QED) is 0.315. The Labute approximate surface area is 208 Å². The number of sulfone groups is 1. The molecule has 0 unspecified atom stereocenters. The van der Waals surface area contributed by atoms with E-state index < -0.39 is 21.5 Å². The number of nitrogens with zero attached hydrogens (tertiary/aromatic N) is 3. The zero-order valence-corrected chi connectivity index (χ0v) is 20.4. The van der Waals surface area contributed by atoms with Crippen LogP contribution in [0, 0.1) is 11.6 Å². The molecule has 7 nitrogen and oxygen atoms in total. The number of pyridine rings is 1. The molecule has 0 atom stereocenters. The molecule has 1 spiro atoms. The Kier molecular flexibility index (Phi) is 6.36. The van der Waals surface area contributed by atoms with Crippen LogP contribution >= 0.6 is 0 Å². The average molecular weight is 514 g/mol. The van der Waals surface area contributed by atoms with Crippen molar-refractivity contribution in [1.82, 2.24) is 9.88 Å². The Morgan fingerprint density at radius 2 is 1.83 bits per heavy atom. The maximum Gasteiger partial charge on any atom is 0.175 e. The van der Waals surface area contributed by atoms with Gasteiger partial charge in [-0.3, -0.25) is 9.88 Å². The highest BCUT2D eigenvalue weighted by Crippen LogP contribution is 2.43. The number of hydrogen-bond acceptors (Lipinski definition) is 7. The lowest BCUT2D eigenvalue weighted by molar-refractivity contribution is -0.0801. The largest absolute Gasteiger partial charge is 0.410 e. The number of fused-ring (bicyclic) bond motifs is 2. The summed E-state index contributed by atoms with van der Waals surface area (Å²) in [6, 6.07) is 9.78. The molecule has 5 rings (SSSR count). The molecule has 0 aliphatic carbocycles.